The molecule has 27 heavy (non-hydrogen) atoms. The number of nitro groups is 1. The molecule has 1 saturated heterocycles. The molecule has 2 aromatic carbocycles. The number of hydrogen-bond donors (Lipinski definition) is 1. The van der Waals surface area contributed by atoms with E-state index < -0.39 is 16.1 Å². The average Bonchev–Trinajstić information content (AvgIpc) is 2.87. The Morgan fingerprint density at radius 2 is 2.00 bits per heavy atom. The summed E-state index contributed by atoms with van der Waals surface area (Å²) in [6.45, 7) is -0.218. The van der Waals surface area contributed by atoms with E-state index in [-0.39, 0.29) is 34.0 Å². The molecule has 0 bridgehead atoms. The molecule has 0 aliphatic carbocycles. The zero-order valence-electron chi connectivity index (χ0n) is 13.4. The number of phenols is 1. The fraction of sp³-hybridized carbons (Fsp3) is 0.0588. The Labute approximate surface area is 170 Å². The van der Waals surface area contributed by atoms with Gasteiger partial charge in [-0.05, 0) is 45.9 Å². The van der Waals surface area contributed by atoms with E-state index in [1.165, 1.54) is 36.4 Å². The smallest absolute Gasteiger partial charge is 0.293 e. The highest BCUT2D eigenvalue weighted by Crippen LogP contribution is 2.38. The van der Waals surface area contributed by atoms with Crippen LogP contribution in [0.2, 0.25) is 5.02 Å². The van der Waals surface area contributed by atoms with Crippen molar-refractivity contribution in [1.29, 1.82) is 0 Å². The Hall–Kier alpha value is -2.36. The summed E-state index contributed by atoms with van der Waals surface area (Å²) in [5.74, 6) is -0.719. The molecule has 0 spiro atoms. The van der Waals surface area contributed by atoms with E-state index in [4.69, 9.17) is 11.6 Å². The predicted molar refractivity (Wildman–Crippen MR) is 105 cm³/mol. The fourth-order valence-electron chi connectivity index (χ4n) is 2.47. The molecule has 3 rings (SSSR count). The lowest BCUT2D eigenvalue weighted by Crippen LogP contribution is -2.27. The summed E-state index contributed by atoms with van der Waals surface area (Å²) in [6.07, 6.45) is 1.36. The van der Waals surface area contributed by atoms with Crippen molar-refractivity contribution in [1.82, 2.24) is 4.90 Å². The highest BCUT2D eigenvalue weighted by Gasteiger charge is 2.36. The molecule has 1 fully saturated rings. The SMILES string of the molecule is O=C1S/C(=C\c2cc(Cl)cc(Br)c2O)C(=O)N1Cc1ccccc1[N+](=O)[O-]. The Bertz CT molecular complexity index is 1010. The second kappa shape index (κ2) is 7.71. The highest BCUT2D eigenvalue weighted by atomic mass is 79.9. The van der Waals surface area contributed by atoms with Gasteiger partial charge in [-0.15, -0.1) is 0 Å². The van der Waals surface area contributed by atoms with Gasteiger partial charge in [-0.2, -0.15) is 0 Å². The van der Waals surface area contributed by atoms with E-state index in [1.807, 2.05) is 0 Å². The maximum atomic E-state index is 12.6. The standard InChI is InChI=1S/C17H10BrClN2O5S/c18-12-7-11(19)5-10(15(12)22)6-14-16(23)20(17(24)27-14)8-9-3-1-2-4-13(9)21(25)26/h1-7,22H,8H2/b14-6-. The van der Waals surface area contributed by atoms with Crippen LogP contribution in [0.3, 0.4) is 0 Å². The van der Waals surface area contributed by atoms with Crippen LogP contribution >= 0.6 is 39.3 Å². The second-order valence-corrected chi connectivity index (χ2v) is 7.76. The summed E-state index contributed by atoms with van der Waals surface area (Å²) in [4.78, 5) is 36.4. The van der Waals surface area contributed by atoms with Gasteiger partial charge in [0, 0.05) is 22.2 Å². The van der Waals surface area contributed by atoms with Gasteiger partial charge in [0.25, 0.3) is 16.8 Å². The maximum Gasteiger partial charge on any atom is 0.293 e. The summed E-state index contributed by atoms with van der Waals surface area (Å²) >= 11 is 9.80. The molecule has 1 aliphatic rings. The van der Waals surface area contributed by atoms with Gasteiger partial charge in [-0.3, -0.25) is 24.6 Å². The number of nitro benzene ring substituents is 1. The molecule has 2 amide bonds. The number of thioether (sulfide) groups is 1. The Morgan fingerprint density at radius 1 is 1.30 bits per heavy atom. The van der Waals surface area contributed by atoms with Gasteiger partial charge in [0.15, 0.2) is 0 Å². The number of benzene rings is 2. The van der Waals surface area contributed by atoms with E-state index in [2.05, 4.69) is 15.9 Å². The fourth-order valence-corrected chi connectivity index (χ4v) is 4.13. The Morgan fingerprint density at radius 3 is 2.70 bits per heavy atom. The van der Waals surface area contributed by atoms with E-state index in [1.54, 1.807) is 6.07 Å². The van der Waals surface area contributed by atoms with Crippen LogP contribution < -0.4 is 0 Å². The third kappa shape index (κ3) is 4.00. The molecule has 138 valence electrons. The van der Waals surface area contributed by atoms with E-state index >= 15 is 0 Å². The van der Waals surface area contributed by atoms with Gasteiger partial charge in [-0.25, -0.2) is 0 Å². The van der Waals surface area contributed by atoms with Crippen molar-refractivity contribution in [2.24, 2.45) is 0 Å². The second-order valence-electron chi connectivity index (χ2n) is 5.48. The minimum atomic E-state index is -0.598. The molecule has 1 heterocycles. The molecule has 1 N–H and O–H groups in total. The van der Waals surface area contributed by atoms with Crippen LogP contribution in [0.4, 0.5) is 10.5 Å². The number of carbonyl (C=O) groups is 2. The number of carbonyl (C=O) groups excluding carboxylic acids is 2. The molecule has 0 atom stereocenters. The summed E-state index contributed by atoms with van der Waals surface area (Å²) < 4.78 is 0.348. The van der Waals surface area contributed by atoms with Crippen molar-refractivity contribution >= 4 is 62.2 Å². The van der Waals surface area contributed by atoms with Crippen molar-refractivity contribution in [2.75, 3.05) is 0 Å². The quantitative estimate of drug-likeness (QED) is 0.386. The number of rotatable bonds is 4. The number of nitrogens with zero attached hydrogens (tertiary/aromatic N) is 2. The number of amides is 2. The minimum absolute atomic E-state index is 0.0862. The third-order valence-electron chi connectivity index (χ3n) is 3.73. The van der Waals surface area contributed by atoms with Gasteiger partial charge in [0.2, 0.25) is 0 Å². The van der Waals surface area contributed by atoms with Gasteiger partial charge >= 0.3 is 0 Å². The number of aromatic hydroxyl groups is 1. The first kappa shape index (κ1) is 19.4. The number of imide groups is 1. The zero-order chi connectivity index (χ0) is 19.7. The maximum absolute atomic E-state index is 12.6. The van der Waals surface area contributed by atoms with Crippen LogP contribution in [-0.4, -0.2) is 26.1 Å². The molecule has 0 radical (unpaired) electrons. The molecule has 10 heteroatoms. The van der Waals surface area contributed by atoms with Crippen molar-refractivity contribution in [2.45, 2.75) is 6.54 Å². The predicted octanol–water partition coefficient (Wildman–Crippen LogP) is 4.95. The molecule has 7 nitrogen and oxygen atoms in total. The van der Waals surface area contributed by atoms with Crippen molar-refractivity contribution < 1.29 is 19.6 Å². The van der Waals surface area contributed by atoms with Gasteiger partial charge in [-0.1, -0.05) is 29.8 Å². The number of hydrogen-bond acceptors (Lipinski definition) is 6. The van der Waals surface area contributed by atoms with Gasteiger partial charge < -0.3 is 5.11 Å². The van der Waals surface area contributed by atoms with Crippen molar-refractivity contribution in [3.05, 3.63) is 72.0 Å². The lowest BCUT2D eigenvalue weighted by Gasteiger charge is -2.12. The molecular weight excluding hydrogens is 460 g/mol. The van der Waals surface area contributed by atoms with E-state index in [0.717, 1.165) is 4.90 Å². The number of phenolic OH excluding ortho intramolecular Hbond substituents is 1. The van der Waals surface area contributed by atoms with Crippen LogP contribution in [0.15, 0.2) is 45.8 Å². The van der Waals surface area contributed by atoms with Gasteiger partial charge in [0.1, 0.15) is 5.75 Å². The summed E-state index contributed by atoms with van der Waals surface area (Å²) in [6, 6.07) is 8.86. The van der Waals surface area contributed by atoms with Crippen molar-refractivity contribution in [3.8, 4) is 5.75 Å². The van der Waals surface area contributed by atoms with Crippen LogP contribution in [0.25, 0.3) is 6.08 Å². The van der Waals surface area contributed by atoms with Crippen LogP contribution in [0.1, 0.15) is 11.1 Å². The van der Waals surface area contributed by atoms with Gasteiger partial charge in [0.05, 0.1) is 20.8 Å². The largest absolute Gasteiger partial charge is 0.506 e. The Kier molecular flexibility index (Phi) is 5.54. The molecule has 0 saturated carbocycles. The first-order chi connectivity index (χ1) is 12.8. The topological polar surface area (TPSA) is 101 Å². The first-order valence-electron chi connectivity index (χ1n) is 7.43. The Balaban J connectivity index is 1.92. The van der Waals surface area contributed by atoms with E-state index in [9.17, 15) is 24.8 Å². The average molecular weight is 470 g/mol. The number of halogens is 2. The van der Waals surface area contributed by atoms with Crippen LogP contribution in [0, 0.1) is 10.1 Å². The lowest BCUT2D eigenvalue weighted by atomic mass is 10.1. The van der Waals surface area contributed by atoms with Crippen LogP contribution in [0.5, 0.6) is 5.75 Å². The first-order valence-corrected chi connectivity index (χ1v) is 9.42. The highest BCUT2D eigenvalue weighted by molar-refractivity contribution is 9.10. The lowest BCUT2D eigenvalue weighted by molar-refractivity contribution is -0.385. The van der Waals surface area contributed by atoms with Crippen molar-refractivity contribution in [3.63, 3.8) is 0 Å². The molecule has 0 unspecified atom stereocenters. The molecule has 2 aromatic rings. The molecule has 0 aromatic heterocycles. The molecular formula is C17H10BrClN2O5S. The third-order valence-corrected chi connectivity index (χ3v) is 5.46. The van der Waals surface area contributed by atoms with E-state index in [0.29, 0.717) is 21.3 Å². The minimum Gasteiger partial charge on any atom is -0.506 e. The number of para-hydroxylation sites is 1. The monoisotopic (exact) mass is 468 g/mol. The molecule has 1 aliphatic heterocycles. The summed E-state index contributed by atoms with van der Waals surface area (Å²) in [7, 11) is 0. The summed E-state index contributed by atoms with van der Waals surface area (Å²) in [5, 5.41) is 21.0. The zero-order valence-corrected chi connectivity index (χ0v) is 16.5. The summed E-state index contributed by atoms with van der Waals surface area (Å²) in [5.41, 5.74) is 0.349. The van der Waals surface area contributed by atoms with Crippen LogP contribution in [-0.2, 0) is 11.3 Å². The normalized spacial score (nSPS) is 15.6.